The molecule has 0 fully saturated rings. The number of pyridine rings is 1. The van der Waals surface area contributed by atoms with E-state index in [2.05, 4.69) is 4.98 Å². The van der Waals surface area contributed by atoms with E-state index in [4.69, 9.17) is 5.73 Å². The lowest BCUT2D eigenvalue weighted by Crippen LogP contribution is -2.12. The monoisotopic (exact) mass is 256 g/mol. The molecule has 0 saturated carbocycles. The van der Waals surface area contributed by atoms with Crippen molar-refractivity contribution in [1.29, 1.82) is 0 Å². The molecule has 1 rings (SSSR count). The van der Waals surface area contributed by atoms with Gasteiger partial charge in [0.25, 0.3) is 0 Å². The van der Waals surface area contributed by atoms with Gasteiger partial charge < -0.3 is 5.73 Å². The Balaban J connectivity index is 2.69. The molecule has 0 atom stereocenters. The summed E-state index contributed by atoms with van der Waals surface area (Å²) in [7, 11) is -3.02. The predicted octanol–water partition coefficient (Wildman–Crippen LogP) is 1.50. The average Bonchev–Trinajstić information content (AvgIpc) is 2.26. The van der Waals surface area contributed by atoms with Gasteiger partial charge in [0, 0.05) is 12.7 Å². The summed E-state index contributed by atoms with van der Waals surface area (Å²) in [5.74, 6) is 0.724. The van der Waals surface area contributed by atoms with Gasteiger partial charge in [-0.2, -0.15) is 0 Å². The molecule has 0 unspecified atom stereocenters. The molecule has 17 heavy (non-hydrogen) atoms. The van der Waals surface area contributed by atoms with Crippen molar-refractivity contribution in [2.45, 2.75) is 32.6 Å². The van der Waals surface area contributed by atoms with Gasteiger partial charge in [-0.1, -0.05) is 13.8 Å². The predicted molar refractivity (Wildman–Crippen MR) is 69.1 cm³/mol. The van der Waals surface area contributed by atoms with Gasteiger partial charge in [0.15, 0.2) is 9.84 Å². The van der Waals surface area contributed by atoms with Crippen molar-refractivity contribution < 1.29 is 8.42 Å². The van der Waals surface area contributed by atoms with E-state index in [9.17, 15) is 8.42 Å². The van der Waals surface area contributed by atoms with Crippen molar-refractivity contribution in [3.8, 4) is 0 Å². The van der Waals surface area contributed by atoms with Crippen molar-refractivity contribution in [3.63, 3.8) is 0 Å². The maximum absolute atomic E-state index is 11.9. The molecule has 4 nitrogen and oxygen atoms in total. The zero-order chi connectivity index (χ0) is 12.9. The van der Waals surface area contributed by atoms with Crippen LogP contribution in [0.2, 0.25) is 0 Å². The van der Waals surface area contributed by atoms with Gasteiger partial charge in [-0.15, -0.1) is 0 Å². The molecule has 1 aromatic heterocycles. The first-order valence-corrected chi connectivity index (χ1v) is 7.59. The van der Waals surface area contributed by atoms with Crippen molar-refractivity contribution in [3.05, 3.63) is 29.6 Å². The Bertz CT molecular complexity index is 455. The Morgan fingerprint density at radius 1 is 1.41 bits per heavy atom. The molecule has 5 heteroatoms. The molecule has 0 saturated heterocycles. The van der Waals surface area contributed by atoms with Gasteiger partial charge in [0.2, 0.25) is 0 Å². The van der Waals surface area contributed by atoms with Crippen LogP contribution < -0.4 is 5.73 Å². The molecule has 1 aromatic rings. The van der Waals surface area contributed by atoms with E-state index in [1.807, 2.05) is 13.8 Å². The van der Waals surface area contributed by atoms with Gasteiger partial charge in [0.1, 0.15) is 0 Å². The number of sulfone groups is 1. The summed E-state index contributed by atoms with van der Waals surface area (Å²) in [5.41, 5.74) is 6.96. The number of nitrogens with two attached hydrogens (primary N) is 1. The molecule has 0 spiro atoms. The largest absolute Gasteiger partial charge is 0.325 e. The highest BCUT2D eigenvalue weighted by molar-refractivity contribution is 7.90. The molecule has 0 aliphatic rings. The fraction of sp³-hybridized carbons (Fsp3) is 0.583. The van der Waals surface area contributed by atoms with E-state index >= 15 is 0 Å². The first kappa shape index (κ1) is 14.1. The van der Waals surface area contributed by atoms with E-state index in [0.717, 1.165) is 11.3 Å². The van der Waals surface area contributed by atoms with Crippen LogP contribution in [0.1, 0.15) is 31.5 Å². The first-order valence-electron chi connectivity index (χ1n) is 5.77. The average molecular weight is 256 g/mol. The van der Waals surface area contributed by atoms with Crippen LogP contribution in [0, 0.1) is 5.92 Å². The Labute approximate surface area is 103 Å². The van der Waals surface area contributed by atoms with Gasteiger partial charge in [-0.05, 0) is 30.0 Å². The number of rotatable bonds is 6. The third-order valence-corrected chi connectivity index (χ3v) is 4.11. The minimum atomic E-state index is -3.02. The lowest BCUT2D eigenvalue weighted by atomic mass is 10.2. The Morgan fingerprint density at radius 3 is 2.71 bits per heavy atom. The van der Waals surface area contributed by atoms with E-state index in [-0.39, 0.29) is 11.5 Å². The smallest absolute Gasteiger partial charge is 0.154 e. The summed E-state index contributed by atoms with van der Waals surface area (Å²) < 4.78 is 23.7. The van der Waals surface area contributed by atoms with Gasteiger partial charge in [0.05, 0.1) is 17.2 Å². The third-order valence-electron chi connectivity index (χ3n) is 2.48. The van der Waals surface area contributed by atoms with Crippen molar-refractivity contribution >= 4 is 9.84 Å². The quantitative estimate of drug-likeness (QED) is 0.837. The number of hydrogen-bond donors (Lipinski definition) is 1. The minimum absolute atomic E-state index is 0.0786. The summed E-state index contributed by atoms with van der Waals surface area (Å²) in [6.45, 7) is 4.38. The summed E-state index contributed by atoms with van der Waals surface area (Å²) >= 11 is 0. The fourth-order valence-electron chi connectivity index (χ4n) is 1.47. The first-order chi connectivity index (χ1) is 7.93. The molecule has 0 bridgehead atoms. The van der Waals surface area contributed by atoms with E-state index < -0.39 is 9.84 Å². The highest BCUT2D eigenvalue weighted by atomic mass is 32.2. The molecule has 0 radical (unpaired) electrons. The van der Waals surface area contributed by atoms with Crippen molar-refractivity contribution in [2.24, 2.45) is 11.7 Å². The van der Waals surface area contributed by atoms with Crippen LogP contribution in [0.5, 0.6) is 0 Å². The summed E-state index contributed by atoms with van der Waals surface area (Å²) in [4.78, 5) is 4.04. The zero-order valence-corrected chi connectivity index (χ0v) is 11.2. The standard InChI is InChI=1S/C12H20N2O2S/c1-10(2)4-6-17(15,16)9-11-3-5-14-12(7-11)8-13/h3,5,7,10H,4,6,8-9,13H2,1-2H3. The maximum Gasteiger partial charge on any atom is 0.154 e. The van der Waals surface area contributed by atoms with Gasteiger partial charge in [-0.3, -0.25) is 4.98 Å². The van der Waals surface area contributed by atoms with Crippen LogP contribution >= 0.6 is 0 Å². The van der Waals surface area contributed by atoms with Crippen LogP contribution in [0.3, 0.4) is 0 Å². The fourth-order valence-corrected chi connectivity index (χ4v) is 3.13. The highest BCUT2D eigenvalue weighted by Gasteiger charge is 2.13. The summed E-state index contributed by atoms with van der Waals surface area (Å²) in [6.07, 6.45) is 2.31. The lowest BCUT2D eigenvalue weighted by molar-refractivity contribution is 0.573. The van der Waals surface area contributed by atoms with Gasteiger partial charge >= 0.3 is 0 Å². The topological polar surface area (TPSA) is 73.0 Å². The molecule has 0 aromatic carbocycles. The molecule has 0 aliphatic carbocycles. The Kier molecular flexibility index (Phi) is 5.08. The minimum Gasteiger partial charge on any atom is -0.325 e. The van der Waals surface area contributed by atoms with Crippen LogP contribution in [-0.4, -0.2) is 19.2 Å². The Hall–Kier alpha value is -0.940. The number of aromatic nitrogens is 1. The normalized spacial score (nSPS) is 12.0. The highest BCUT2D eigenvalue weighted by Crippen LogP contribution is 2.10. The zero-order valence-electron chi connectivity index (χ0n) is 10.4. The van der Waals surface area contributed by atoms with E-state index in [1.54, 1.807) is 18.3 Å². The molecular formula is C12H20N2O2S. The SMILES string of the molecule is CC(C)CCS(=O)(=O)Cc1ccnc(CN)c1. The van der Waals surface area contributed by atoms with E-state index in [1.165, 1.54) is 0 Å². The molecule has 2 N–H and O–H groups in total. The van der Waals surface area contributed by atoms with E-state index in [0.29, 0.717) is 18.9 Å². The second-order valence-corrected chi connectivity index (χ2v) is 6.82. The van der Waals surface area contributed by atoms with Crippen LogP contribution in [0.15, 0.2) is 18.3 Å². The second kappa shape index (κ2) is 6.12. The van der Waals surface area contributed by atoms with Gasteiger partial charge in [-0.25, -0.2) is 8.42 Å². The van der Waals surface area contributed by atoms with Crippen molar-refractivity contribution in [2.75, 3.05) is 5.75 Å². The molecular weight excluding hydrogens is 236 g/mol. The van der Waals surface area contributed by atoms with Crippen molar-refractivity contribution in [1.82, 2.24) is 4.98 Å². The summed E-state index contributed by atoms with van der Waals surface area (Å²) in [5, 5.41) is 0. The molecule has 0 amide bonds. The van der Waals surface area contributed by atoms with Crippen LogP contribution in [0.25, 0.3) is 0 Å². The molecule has 96 valence electrons. The third kappa shape index (κ3) is 5.28. The number of hydrogen-bond acceptors (Lipinski definition) is 4. The second-order valence-electron chi connectivity index (χ2n) is 4.63. The summed E-state index contributed by atoms with van der Waals surface area (Å²) in [6, 6.07) is 3.49. The number of nitrogens with zero attached hydrogens (tertiary/aromatic N) is 1. The maximum atomic E-state index is 11.9. The van der Waals surface area contributed by atoms with Crippen LogP contribution in [0.4, 0.5) is 0 Å². The molecule has 0 aliphatic heterocycles. The van der Waals surface area contributed by atoms with Crippen LogP contribution in [-0.2, 0) is 22.1 Å². The molecule has 1 heterocycles. The Morgan fingerprint density at radius 2 is 2.12 bits per heavy atom. The lowest BCUT2D eigenvalue weighted by Gasteiger charge is -2.07.